The third kappa shape index (κ3) is 6.26. The maximum absolute atomic E-state index is 15.1. The molecule has 10 heteroatoms. The van der Waals surface area contributed by atoms with Gasteiger partial charge < -0.3 is 26.6 Å². The SMILES string of the molecule is [2H]C([2H])([2H])C1(C([2H])([2H])[2H])[C@@H]2[C@@H](C(=O)N[C@@H](CC3([2H])C([2H])([2H])C([2H])([2H])C3([2H])[2H])C(=O)C(N)=O)N(C(=O)[C@@H](NC(=O)NC(C([2H])([2H])[2H])(C([2H])([2H])[2H])C([2H])([2H])[2H])C(C([2H])([2H])[2H])(C([2H])([2H])[2H])C([2H])([2H])[2H])C[C@@H]21. The molecule has 1 saturated heterocycles. The van der Waals surface area contributed by atoms with Gasteiger partial charge in [-0.1, -0.05) is 53.4 Å². The summed E-state index contributed by atoms with van der Waals surface area (Å²) in [6.45, 7) is -35.6. The van der Waals surface area contributed by atoms with Crippen LogP contribution < -0.4 is 21.7 Å². The zero-order valence-corrected chi connectivity index (χ0v) is 18.9. The summed E-state index contributed by atoms with van der Waals surface area (Å²) in [5.41, 5.74) is -7.14. The number of nitrogens with zero attached hydrogens (tertiary/aromatic N) is 1. The van der Waals surface area contributed by atoms with Crippen LogP contribution in [0.5, 0.6) is 0 Å². The minimum Gasteiger partial charge on any atom is -0.363 e. The minimum atomic E-state index is -4.72. The van der Waals surface area contributed by atoms with E-state index in [0.29, 0.717) is 0 Å². The molecule has 0 aromatic heterocycles. The predicted octanol–water partition coefficient (Wildman–Crippen LogP) is 1.71. The van der Waals surface area contributed by atoms with Gasteiger partial charge >= 0.3 is 6.03 Å². The first-order valence-corrected chi connectivity index (χ1v) is 10.5. The van der Waals surface area contributed by atoms with Crippen molar-refractivity contribution >= 4 is 29.5 Å². The topological polar surface area (TPSA) is 151 Å². The third-order valence-electron chi connectivity index (χ3n) is 6.02. The third-order valence-corrected chi connectivity index (χ3v) is 6.02. The van der Waals surface area contributed by atoms with Crippen LogP contribution in [0, 0.1) is 28.6 Å². The summed E-state index contributed by atoms with van der Waals surface area (Å²) in [5.74, 6) is -16.2. The van der Waals surface area contributed by atoms with Gasteiger partial charge in [-0.05, 0) is 55.5 Å². The highest BCUT2D eigenvalue weighted by atomic mass is 16.2. The number of piperidine rings is 1. The van der Waals surface area contributed by atoms with Crippen molar-refractivity contribution in [3.05, 3.63) is 0 Å². The molecular weight excluding hydrogens is 474 g/mol. The molecular formula is C27H45N5O5. The molecule has 2 aliphatic carbocycles. The zero-order valence-electron chi connectivity index (χ0n) is 49.9. The van der Waals surface area contributed by atoms with Crippen LogP contribution in [0.15, 0.2) is 0 Å². The molecule has 3 aliphatic rings. The summed E-state index contributed by atoms with van der Waals surface area (Å²) in [6.07, 6.45) is -12.4. The Morgan fingerprint density at radius 1 is 1.11 bits per heavy atom. The van der Waals surface area contributed by atoms with Gasteiger partial charge in [0.2, 0.25) is 17.6 Å². The van der Waals surface area contributed by atoms with Crippen LogP contribution in [0.3, 0.4) is 0 Å². The number of likely N-dealkylation sites (tertiary alicyclic amines) is 1. The molecule has 37 heavy (non-hydrogen) atoms. The molecule has 1 aliphatic heterocycles. The van der Waals surface area contributed by atoms with Crippen molar-refractivity contribution in [3.8, 4) is 0 Å². The van der Waals surface area contributed by atoms with Crippen LogP contribution in [0.25, 0.3) is 0 Å². The Labute approximate surface area is 263 Å². The average molecular weight is 551 g/mol. The van der Waals surface area contributed by atoms with Gasteiger partial charge in [0.15, 0.2) is 0 Å². The monoisotopic (exact) mass is 551 g/mol. The lowest BCUT2D eigenvalue weighted by Gasteiger charge is -2.38. The molecule has 3 fully saturated rings. The second-order valence-corrected chi connectivity index (χ2v) is 8.87. The van der Waals surface area contributed by atoms with Crippen molar-refractivity contribution in [1.82, 2.24) is 20.9 Å². The van der Waals surface area contributed by atoms with E-state index in [1.54, 1.807) is 5.32 Å². The van der Waals surface area contributed by atoms with Crippen LogP contribution in [0.4, 0.5) is 4.79 Å². The molecule has 0 unspecified atom stereocenters. The Hall–Kier alpha value is -2.65. The predicted molar refractivity (Wildman–Crippen MR) is 139 cm³/mol. The fourth-order valence-electron chi connectivity index (χ4n) is 4.22. The number of carbonyl (C=O) groups excluding carboxylic acids is 5. The number of carbonyl (C=O) groups is 5. The maximum Gasteiger partial charge on any atom is 0.315 e. The van der Waals surface area contributed by atoms with E-state index in [0.717, 1.165) is 5.32 Å². The van der Waals surface area contributed by atoms with Gasteiger partial charge in [-0.25, -0.2) is 4.79 Å². The second kappa shape index (κ2) is 9.91. The number of hydrogen-bond acceptors (Lipinski definition) is 5. The molecule has 5 N–H and O–H groups in total. The van der Waals surface area contributed by atoms with Crippen molar-refractivity contribution < 1.29 is 66.5 Å². The molecule has 1 heterocycles. The van der Waals surface area contributed by atoms with E-state index in [1.165, 1.54) is 5.32 Å². The summed E-state index contributed by atoms with van der Waals surface area (Å²) in [7, 11) is 0. The lowest BCUT2D eigenvalue weighted by atomic mass is 9.80. The minimum absolute atomic E-state index is 0.0867. The van der Waals surface area contributed by atoms with E-state index in [2.05, 4.69) is 0 Å². The lowest BCUT2D eigenvalue weighted by molar-refractivity contribution is -0.145. The quantitative estimate of drug-likeness (QED) is 0.339. The molecule has 0 spiro atoms. The standard InChI is InChI=1S/C27H45N5O5/c1-25(2,3)20(30-24(37)31-26(4,5)6)23(36)32-13-15-17(27(15,7)8)18(32)22(35)29-16(19(33)21(28)34)12-14-10-9-11-14/h14-18,20H,9-13H2,1-8H3,(H2,28,34)(H,29,35)(H2,30,31,37)/t15-,16-,17-,18-,20+/m0/s1/i1D3,2D3,3D3,4D3,5D3,6D3,7D3,8D3,9D2,10D2,11D2,14D. The maximum atomic E-state index is 15.1. The number of nitrogens with two attached hydrogens (primary N) is 1. The number of rotatable bonds is 8. The van der Waals surface area contributed by atoms with E-state index in [9.17, 15) is 19.2 Å². The van der Waals surface area contributed by atoms with Crippen LogP contribution in [-0.2, 0) is 19.2 Å². The molecule has 0 aromatic rings. The Kier molecular flexibility index (Phi) is 2.26. The second-order valence-electron chi connectivity index (χ2n) is 8.87. The fraction of sp³-hybridized carbons (Fsp3) is 0.815. The molecule has 5 atom stereocenters. The van der Waals surface area contributed by atoms with Gasteiger partial charge in [0.1, 0.15) is 12.1 Å². The fourth-order valence-corrected chi connectivity index (χ4v) is 4.22. The van der Waals surface area contributed by atoms with Crippen LogP contribution in [-0.4, -0.2) is 64.6 Å². The van der Waals surface area contributed by atoms with Gasteiger partial charge in [0, 0.05) is 54.6 Å². The van der Waals surface area contributed by atoms with E-state index < -0.39 is 169 Å². The van der Waals surface area contributed by atoms with Crippen molar-refractivity contribution in [2.45, 2.75) is 104 Å². The highest BCUT2D eigenvalue weighted by Gasteiger charge is 2.70. The van der Waals surface area contributed by atoms with Crippen molar-refractivity contribution in [2.75, 3.05) is 6.54 Å². The number of Topliss-reactive ketones (excluding diaryl/α,β-unsaturated/α-hetero) is 1. The normalized spacial score (nSPS) is 46.3. The molecule has 10 nitrogen and oxygen atoms in total. The van der Waals surface area contributed by atoms with E-state index in [4.69, 9.17) is 48.2 Å². The highest BCUT2D eigenvalue weighted by Crippen LogP contribution is 2.65. The molecule has 2 saturated carbocycles. The smallest absolute Gasteiger partial charge is 0.315 e. The van der Waals surface area contributed by atoms with Gasteiger partial charge in [-0.15, -0.1) is 0 Å². The molecule has 0 radical (unpaired) electrons. The number of amides is 5. The van der Waals surface area contributed by atoms with Crippen molar-refractivity contribution in [3.63, 3.8) is 0 Å². The van der Waals surface area contributed by atoms with Crippen LogP contribution in [0.2, 0.25) is 0 Å². The number of fused-ring (bicyclic) bond motifs is 1. The zero-order chi connectivity index (χ0) is 54.4. The molecule has 3 rings (SSSR count). The van der Waals surface area contributed by atoms with Gasteiger partial charge in [0.05, 0.1) is 6.04 Å². The Morgan fingerprint density at radius 2 is 1.78 bits per heavy atom. The lowest BCUT2D eigenvalue weighted by Crippen LogP contribution is -2.62. The molecule has 5 amide bonds. The van der Waals surface area contributed by atoms with E-state index >= 15 is 4.79 Å². The molecule has 0 aromatic carbocycles. The summed E-state index contributed by atoms with van der Waals surface area (Å²) in [6, 6.07) is -12.0. The Bertz CT molecular complexity index is 1940. The van der Waals surface area contributed by atoms with Gasteiger partial charge in [-0.2, -0.15) is 0 Å². The first-order valence-electron chi connectivity index (χ1n) is 26.0. The van der Waals surface area contributed by atoms with Gasteiger partial charge in [-0.3, -0.25) is 19.2 Å². The summed E-state index contributed by atoms with van der Waals surface area (Å²) >= 11 is 0. The first-order chi connectivity index (χ1) is 29.5. The number of hydrogen-bond donors (Lipinski definition) is 4. The Balaban J connectivity index is 2.46. The number of primary amides is 1. The van der Waals surface area contributed by atoms with Crippen LogP contribution in [0.1, 0.15) is 123 Å². The molecule has 208 valence electrons. The highest BCUT2D eigenvalue weighted by molar-refractivity contribution is 6.37. The van der Waals surface area contributed by atoms with Gasteiger partial charge in [0.25, 0.3) is 5.91 Å². The van der Waals surface area contributed by atoms with E-state index in [1.807, 2.05) is 0 Å². The summed E-state index contributed by atoms with van der Waals surface area (Å²) in [5, 5.41) is 4.03. The number of nitrogens with one attached hydrogen (secondary N) is 3. The number of ketones is 1. The first kappa shape index (κ1) is 8.42. The van der Waals surface area contributed by atoms with Crippen molar-refractivity contribution in [2.24, 2.45) is 34.3 Å². The largest absolute Gasteiger partial charge is 0.363 e. The molecule has 0 bridgehead atoms. The number of urea groups is 1. The Morgan fingerprint density at radius 3 is 2.35 bits per heavy atom. The van der Waals surface area contributed by atoms with E-state index in [-0.39, 0.29) is 4.90 Å². The van der Waals surface area contributed by atoms with Crippen molar-refractivity contribution in [1.29, 1.82) is 0 Å². The summed E-state index contributed by atoms with van der Waals surface area (Å²) in [4.78, 5) is 69.0. The average Bonchev–Trinajstić information content (AvgIpc) is 3.60. The van der Waals surface area contributed by atoms with Crippen LogP contribution >= 0.6 is 0 Å². The summed E-state index contributed by atoms with van der Waals surface area (Å²) < 4.78 is 251.